The van der Waals surface area contributed by atoms with Crippen LogP contribution in [0.2, 0.25) is 0 Å². The van der Waals surface area contributed by atoms with Crippen LogP contribution in [0.25, 0.3) is 6.08 Å². The quantitative estimate of drug-likeness (QED) is 0.196. The van der Waals surface area contributed by atoms with Gasteiger partial charge in [-0.05, 0) is 80.7 Å². The topological polar surface area (TPSA) is 74.2 Å². The van der Waals surface area contributed by atoms with Crippen molar-refractivity contribution in [1.82, 2.24) is 0 Å². The third kappa shape index (κ3) is 6.68. The van der Waals surface area contributed by atoms with Crippen LogP contribution in [0.4, 0.5) is 0 Å². The molecule has 0 N–H and O–H groups in total. The van der Waals surface area contributed by atoms with E-state index in [0.29, 0.717) is 46.5 Å². The van der Waals surface area contributed by atoms with Gasteiger partial charge in [0.2, 0.25) is 5.78 Å². The Morgan fingerprint density at radius 2 is 1.74 bits per heavy atom. The number of aryl methyl sites for hydroxylation is 1. The van der Waals surface area contributed by atoms with Crippen molar-refractivity contribution in [2.24, 2.45) is 11.1 Å². The lowest BCUT2D eigenvalue weighted by Crippen LogP contribution is -2.27. The van der Waals surface area contributed by atoms with Gasteiger partial charge in [-0.1, -0.05) is 54.9 Å². The molecule has 0 unspecified atom stereocenters. The number of carbonyl (C=O) groups is 1. The molecule has 0 bridgehead atoms. The van der Waals surface area contributed by atoms with E-state index in [1.165, 1.54) is 5.56 Å². The second kappa shape index (κ2) is 11.6. The lowest BCUT2D eigenvalue weighted by Gasteiger charge is -2.29. The molecular formula is C32H35NO5. The third-order valence-electron chi connectivity index (χ3n) is 6.35. The molecule has 0 saturated carbocycles. The van der Waals surface area contributed by atoms with Gasteiger partial charge in [0.15, 0.2) is 6.61 Å². The maximum Gasteiger partial charge on any atom is 0.203 e. The molecule has 198 valence electrons. The highest BCUT2D eigenvalue weighted by Crippen LogP contribution is 2.39. The van der Waals surface area contributed by atoms with Crippen LogP contribution in [0.3, 0.4) is 0 Å². The van der Waals surface area contributed by atoms with E-state index in [2.05, 4.69) is 19.0 Å². The van der Waals surface area contributed by atoms with E-state index in [0.717, 1.165) is 17.5 Å². The summed E-state index contributed by atoms with van der Waals surface area (Å²) in [6.07, 6.45) is 4.71. The zero-order chi connectivity index (χ0) is 27.3. The Balaban J connectivity index is 1.58. The van der Waals surface area contributed by atoms with Crippen molar-refractivity contribution in [2.75, 3.05) is 6.61 Å². The van der Waals surface area contributed by atoms with E-state index >= 15 is 0 Å². The second-order valence-corrected chi connectivity index (χ2v) is 10.7. The van der Waals surface area contributed by atoms with Gasteiger partial charge in [0, 0.05) is 5.56 Å². The van der Waals surface area contributed by atoms with E-state index in [1.54, 1.807) is 12.1 Å². The maximum absolute atomic E-state index is 13.4. The number of rotatable bonds is 11. The number of fused-ring (bicyclic) bond motifs is 1. The van der Waals surface area contributed by atoms with E-state index in [-0.39, 0.29) is 18.9 Å². The summed E-state index contributed by atoms with van der Waals surface area (Å²) < 4.78 is 18.3. The Hall–Kier alpha value is -3.93. The van der Waals surface area contributed by atoms with Crippen molar-refractivity contribution in [2.45, 2.75) is 59.8 Å². The van der Waals surface area contributed by atoms with Crippen LogP contribution in [-0.4, -0.2) is 18.0 Å². The zero-order valence-corrected chi connectivity index (χ0v) is 22.7. The van der Waals surface area contributed by atoms with Gasteiger partial charge in [0.1, 0.15) is 36.0 Å². The highest BCUT2D eigenvalue weighted by atomic mass is 16.5. The van der Waals surface area contributed by atoms with Crippen molar-refractivity contribution in [3.63, 3.8) is 0 Å². The molecule has 0 saturated heterocycles. The molecule has 1 aliphatic heterocycles. The average molecular weight is 514 g/mol. The van der Waals surface area contributed by atoms with Gasteiger partial charge in [-0.3, -0.25) is 4.79 Å². The minimum atomic E-state index is -0.466. The molecule has 1 heterocycles. The summed E-state index contributed by atoms with van der Waals surface area (Å²) in [4.78, 5) is 24.5. The SMILES string of the molecule is Cc1ccc(COc2cc(CC(C)C)ccc2C(=O)COc2c(CN=O)ccc3c2C=CC(C)(C)O3)cc1. The van der Waals surface area contributed by atoms with E-state index in [4.69, 9.17) is 14.2 Å². The van der Waals surface area contributed by atoms with Gasteiger partial charge in [0.25, 0.3) is 0 Å². The first-order chi connectivity index (χ1) is 18.1. The first kappa shape index (κ1) is 27.1. The minimum absolute atomic E-state index is 0.0666. The summed E-state index contributed by atoms with van der Waals surface area (Å²) >= 11 is 0. The van der Waals surface area contributed by atoms with Crippen LogP contribution in [-0.2, 0) is 19.6 Å². The monoisotopic (exact) mass is 513 g/mol. The lowest BCUT2D eigenvalue weighted by molar-refractivity contribution is 0.0914. The van der Waals surface area contributed by atoms with E-state index < -0.39 is 5.60 Å². The highest BCUT2D eigenvalue weighted by Gasteiger charge is 2.26. The lowest BCUT2D eigenvalue weighted by atomic mass is 9.99. The molecule has 1 aliphatic rings. The fraction of sp³-hybridized carbons (Fsp3) is 0.344. The first-order valence-electron chi connectivity index (χ1n) is 13.0. The molecule has 0 aliphatic carbocycles. The summed E-state index contributed by atoms with van der Waals surface area (Å²) in [6.45, 7) is 10.3. The Bertz CT molecular complexity index is 1340. The van der Waals surface area contributed by atoms with Gasteiger partial charge < -0.3 is 14.2 Å². The summed E-state index contributed by atoms with van der Waals surface area (Å²) in [5.41, 5.74) is 4.60. The summed E-state index contributed by atoms with van der Waals surface area (Å²) in [5.74, 6) is 1.85. The molecule has 0 radical (unpaired) electrons. The third-order valence-corrected chi connectivity index (χ3v) is 6.35. The van der Waals surface area contributed by atoms with Crippen molar-refractivity contribution < 1.29 is 19.0 Å². The fourth-order valence-corrected chi connectivity index (χ4v) is 4.42. The summed E-state index contributed by atoms with van der Waals surface area (Å²) in [7, 11) is 0. The van der Waals surface area contributed by atoms with Gasteiger partial charge in [-0.15, -0.1) is 0 Å². The number of nitrogens with zero attached hydrogens (tertiary/aromatic N) is 1. The number of benzene rings is 3. The van der Waals surface area contributed by atoms with Crippen molar-refractivity contribution in [3.05, 3.63) is 99.0 Å². The predicted octanol–water partition coefficient (Wildman–Crippen LogP) is 7.48. The van der Waals surface area contributed by atoms with Crippen molar-refractivity contribution >= 4 is 11.9 Å². The molecule has 6 nitrogen and oxygen atoms in total. The number of nitroso groups, excluding NO2 is 1. The van der Waals surface area contributed by atoms with Gasteiger partial charge >= 0.3 is 0 Å². The average Bonchev–Trinajstić information content (AvgIpc) is 2.87. The Morgan fingerprint density at radius 1 is 1.00 bits per heavy atom. The number of hydrogen-bond donors (Lipinski definition) is 0. The van der Waals surface area contributed by atoms with E-state index in [1.807, 2.05) is 75.4 Å². The molecule has 0 amide bonds. The summed E-state index contributed by atoms with van der Waals surface area (Å²) in [6, 6.07) is 17.4. The molecule has 0 atom stereocenters. The molecule has 38 heavy (non-hydrogen) atoms. The molecule has 0 spiro atoms. The van der Waals surface area contributed by atoms with Gasteiger partial charge in [-0.25, -0.2) is 0 Å². The molecule has 3 aromatic rings. The van der Waals surface area contributed by atoms with Crippen LogP contribution in [0.1, 0.15) is 65.9 Å². The molecular weight excluding hydrogens is 478 g/mol. The number of ether oxygens (including phenoxy) is 3. The fourth-order valence-electron chi connectivity index (χ4n) is 4.42. The standard InChI is InChI=1S/C32H35NO5/c1-21(2)16-24-10-12-26(30(17-24)36-19-23-8-6-22(3)7-9-23)28(34)20-37-31-25(18-33-35)11-13-29-27(31)14-15-32(4,5)38-29/h6-15,17,21H,16,18-20H2,1-5H3. The van der Waals surface area contributed by atoms with Crippen LogP contribution >= 0.6 is 0 Å². The number of ketones is 1. The molecule has 6 heteroatoms. The van der Waals surface area contributed by atoms with Crippen LogP contribution < -0.4 is 14.2 Å². The Labute approximate surface area is 224 Å². The zero-order valence-electron chi connectivity index (χ0n) is 22.7. The van der Waals surface area contributed by atoms with Gasteiger partial charge in [-0.2, -0.15) is 4.91 Å². The van der Waals surface area contributed by atoms with Crippen molar-refractivity contribution in [1.29, 1.82) is 0 Å². The second-order valence-electron chi connectivity index (χ2n) is 10.7. The highest BCUT2D eigenvalue weighted by molar-refractivity contribution is 6.00. The first-order valence-corrected chi connectivity index (χ1v) is 13.0. The summed E-state index contributed by atoms with van der Waals surface area (Å²) in [5, 5.41) is 3.04. The van der Waals surface area contributed by atoms with Crippen molar-refractivity contribution in [3.8, 4) is 17.2 Å². The van der Waals surface area contributed by atoms with Crippen LogP contribution in [0.15, 0.2) is 65.9 Å². The maximum atomic E-state index is 13.4. The molecule has 3 aromatic carbocycles. The normalized spacial score (nSPS) is 13.5. The molecule has 4 rings (SSSR count). The molecule has 0 fully saturated rings. The molecule has 0 aromatic heterocycles. The largest absolute Gasteiger partial charge is 0.488 e. The number of carbonyl (C=O) groups excluding carboxylic acids is 1. The predicted molar refractivity (Wildman–Crippen MR) is 150 cm³/mol. The number of Topliss-reactive ketones (excluding diaryl/α,β-unsaturated/α-hetero) is 1. The van der Waals surface area contributed by atoms with Crippen LogP contribution in [0, 0.1) is 17.7 Å². The Kier molecular flexibility index (Phi) is 8.30. The van der Waals surface area contributed by atoms with Crippen LogP contribution in [0.5, 0.6) is 17.2 Å². The minimum Gasteiger partial charge on any atom is -0.488 e. The Morgan fingerprint density at radius 3 is 2.45 bits per heavy atom. The van der Waals surface area contributed by atoms with E-state index in [9.17, 15) is 9.70 Å². The number of hydrogen-bond acceptors (Lipinski definition) is 6. The van der Waals surface area contributed by atoms with Gasteiger partial charge in [0.05, 0.1) is 11.1 Å². The smallest absolute Gasteiger partial charge is 0.203 e.